The highest BCUT2D eigenvalue weighted by Crippen LogP contribution is 2.13. The first-order valence-corrected chi connectivity index (χ1v) is 6.75. The van der Waals surface area contributed by atoms with Crippen molar-refractivity contribution >= 4 is 11.9 Å². The number of ether oxygens (including phenoxy) is 1. The van der Waals surface area contributed by atoms with Gasteiger partial charge in [-0.2, -0.15) is 0 Å². The van der Waals surface area contributed by atoms with Gasteiger partial charge < -0.3 is 9.84 Å². The molecule has 0 radical (unpaired) electrons. The summed E-state index contributed by atoms with van der Waals surface area (Å²) in [5, 5.41) is 9.07. The predicted molar refractivity (Wildman–Crippen MR) is 78.4 cm³/mol. The highest BCUT2D eigenvalue weighted by molar-refractivity contribution is 6.02. The molecule has 0 aromatic heterocycles. The monoisotopic (exact) mass is 302 g/mol. The molecule has 0 spiro atoms. The molecule has 1 N–H and O–H groups in total. The molecular weight excluding hydrogens is 287 g/mol. The maximum absolute atomic E-state index is 12.8. The minimum absolute atomic E-state index is 0.0148. The quantitative estimate of drug-likeness (QED) is 0.861. The van der Waals surface area contributed by atoms with E-state index in [4.69, 9.17) is 9.84 Å². The molecule has 0 amide bonds. The summed E-state index contributed by atoms with van der Waals surface area (Å²) in [5.74, 6) is -2.20. The van der Waals surface area contributed by atoms with Crippen LogP contribution in [0, 0.1) is 5.82 Å². The van der Waals surface area contributed by atoms with Crippen LogP contribution >= 0.6 is 0 Å². The molecule has 0 aliphatic rings. The number of halogens is 1. The molecule has 0 bridgehead atoms. The Balaban J connectivity index is 2.05. The third-order valence-corrected chi connectivity index (χ3v) is 3.12. The van der Waals surface area contributed by atoms with Gasteiger partial charge in [-0.3, -0.25) is 0 Å². The topological polar surface area (TPSA) is 63.6 Å². The summed E-state index contributed by atoms with van der Waals surface area (Å²) in [5.41, 5.74) is 0.746. The van der Waals surface area contributed by atoms with E-state index in [-0.39, 0.29) is 16.9 Å². The van der Waals surface area contributed by atoms with Crippen molar-refractivity contribution in [2.45, 2.75) is 19.4 Å². The van der Waals surface area contributed by atoms with E-state index in [1.54, 1.807) is 31.2 Å². The number of carboxylic acids is 1. The zero-order valence-corrected chi connectivity index (χ0v) is 12.0. The Morgan fingerprint density at radius 3 is 2.27 bits per heavy atom. The van der Waals surface area contributed by atoms with Gasteiger partial charge in [0.1, 0.15) is 11.9 Å². The van der Waals surface area contributed by atoms with E-state index in [1.165, 1.54) is 24.3 Å². The maximum atomic E-state index is 12.8. The van der Waals surface area contributed by atoms with E-state index in [0.29, 0.717) is 6.42 Å². The summed E-state index contributed by atoms with van der Waals surface area (Å²) in [7, 11) is 0. The van der Waals surface area contributed by atoms with Gasteiger partial charge in [-0.15, -0.1) is 0 Å². The molecule has 1 unspecified atom stereocenters. The van der Waals surface area contributed by atoms with Crippen molar-refractivity contribution in [2.24, 2.45) is 0 Å². The summed E-state index contributed by atoms with van der Waals surface area (Å²) in [6.45, 7) is 1.70. The van der Waals surface area contributed by atoms with E-state index in [1.807, 2.05) is 0 Å². The summed E-state index contributed by atoms with van der Waals surface area (Å²) in [4.78, 5) is 23.2. The minimum atomic E-state index is -1.18. The van der Waals surface area contributed by atoms with Crippen LogP contribution < -0.4 is 0 Å². The van der Waals surface area contributed by atoms with E-state index in [0.717, 1.165) is 5.56 Å². The fourth-order valence-corrected chi connectivity index (χ4v) is 2.09. The zero-order chi connectivity index (χ0) is 16.1. The van der Waals surface area contributed by atoms with E-state index < -0.39 is 18.0 Å². The Bertz CT molecular complexity index is 679. The molecule has 0 heterocycles. The fraction of sp³-hybridized carbons (Fsp3) is 0.176. The van der Waals surface area contributed by atoms with Gasteiger partial charge >= 0.3 is 11.9 Å². The van der Waals surface area contributed by atoms with Crippen molar-refractivity contribution in [1.29, 1.82) is 0 Å². The van der Waals surface area contributed by atoms with Gasteiger partial charge in [-0.25, -0.2) is 14.0 Å². The molecule has 0 fully saturated rings. The number of carbonyl (C=O) groups excluding carboxylic acids is 1. The minimum Gasteiger partial charge on any atom is -0.478 e. The van der Waals surface area contributed by atoms with E-state index >= 15 is 0 Å². The number of carbonyl (C=O) groups is 2. The SMILES string of the molecule is CC(Cc1ccc(F)cc1)OC(=O)c1ccccc1C(=O)O. The number of esters is 1. The fourth-order valence-electron chi connectivity index (χ4n) is 2.09. The first-order valence-electron chi connectivity index (χ1n) is 6.75. The smallest absolute Gasteiger partial charge is 0.339 e. The van der Waals surface area contributed by atoms with Crippen LogP contribution in [-0.2, 0) is 11.2 Å². The lowest BCUT2D eigenvalue weighted by Gasteiger charge is -2.14. The molecule has 0 aliphatic carbocycles. The third kappa shape index (κ3) is 3.91. The van der Waals surface area contributed by atoms with Crippen molar-refractivity contribution in [3.05, 3.63) is 71.0 Å². The van der Waals surface area contributed by atoms with E-state index in [9.17, 15) is 14.0 Å². The van der Waals surface area contributed by atoms with Crippen molar-refractivity contribution < 1.29 is 23.8 Å². The van der Waals surface area contributed by atoms with Crippen molar-refractivity contribution in [3.63, 3.8) is 0 Å². The molecule has 2 aromatic rings. The Morgan fingerprint density at radius 1 is 1.09 bits per heavy atom. The van der Waals surface area contributed by atoms with Crippen LogP contribution in [0.1, 0.15) is 33.2 Å². The Hall–Kier alpha value is -2.69. The van der Waals surface area contributed by atoms with Gasteiger partial charge in [0, 0.05) is 6.42 Å². The molecule has 5 heteroatoms. The number of hydrogen-bond acceptors (Lipinski definition) is 3. The summed E-state index contributed by atoms with van der Waals surface area (Å²) < 4.78 is 18.1. The number of rotatable bonds is 5. The molecule has 2 rings (SSSR count). The van der Waals surface area contributed by atoms with Crippen molar-refractivity contribution in [1.82, 2.24) is 0 Å². The van der Waals surface area contributed by atoms with Gasteiger partial charge in [-0.05, 0) is 36.8 Å². The average molecular weight is 302 g/mol. The Kier molecular flexibility index (Phi) is 4.88. The lowest BCUT2D eigenvalue weighted by molar-refractivity contribution is 0.0336. The molecule has 0 aliphatic heterocycles. The van der Waals surface area contributed by atoms with E-state index in [2.05, 4.69) is 0 Å². The molecule has 2 aromatic carbocycles. The summed E-state index contributed by atoms with van der Waals surface area (Å²) in [6.07, 6.45) is -0.0406. The third-order valence-electron chi connectivity index (χ3n) is 3.12. The van der Waals surface area contributed by atoms with Gasteiger partial charge in [0.05, 0.1) is 11.1 Å². The van der Waals surface area contributed by atoms with Crippen LogP contribution in [0.2, 0.25) is 0 Å². The van der Waals surface area contributed by atoms with Crippen molar-refractivity contribution in [2.75, 3.05) is 0 Å². The Labute approximate surface area is 127 Å². The predicted octanol–water partition coefficient (Wildman–Crippen LogP) is 3.31. The van der Waals surface area contributed by atoms with Crippen LogP contribution in [0.3, 0.4) is 0 Å². The number of benzene rings is 2. The van der Waals surface area contributed by atoms with Crippen LogP contribution in [0.25, 0.3) is 0 Å². The highest BCUT2D eigenvalue weighted by atomic mass is 19.1. The van der Waals surface area contributed by atoms with Gasteiger partial charge in [0.15, 0.2) is 0 Å². The summed E-state index contributed by atoms with van der Waals surface area (Å²) in [6, 6.07) is 11.8. The van der Waals surface area contributed by atoms with Crippen LogP contribution in [-0.4, -0.2) is 23.1 Å². The number of aromatic carboxylic acids is 1. The largest absolute Gasteiger partial charge is 0.478 e. The van der Waals surface area contributed by atoms with Crippen molar-refractivity contribution in [3.8, 4) is 0 Å². The molecular formula is C17H15FO4. The molecule has 0 saturated heterocycles. The van der Waals surface area contributed by atoms with Gasteiger partial charge in [0.2, 0.25) is 0 Å². The normalized spacial score (nSPS) is 11.7. The second-order valence-corrected chi connectivity index (χ2v) is 4.90. The number of carboxylic acid groups (broad SMARTS) is 1. The lowest BCUT2D eigenvalue weighted by Crippen LogP contribution is -2.19. The first-order chi connectivity index (χ1) is 10.5. The zero-order valence-electron chi connectivity index (χ0n) is 12.0. The molecule has 1 atom stereocenters. The van der Waals surface area contributed by atoms with Gasteiger partial charge in [-0.1, -0.05) is 24.3 Å². The molecule has 22 heavy (non-hydrogen) atoms. The molecule has 114 valence electrons. The van der Waals surface area contributed by atoms with Crippen LogP contribution in [0.15, 0.2) is 48.5 Å². The second kappa shape index (κ2) is 6.85. The molecule has 4 nitrogen and oxygen atoms in total. The highest BCUT2D eigenvalue weighted by Gasteiger charge is 2.19. The van der Waals surface area contributed by atoms with Crippen LogP contribution in [0.4, 0.5) is 4.39 Å². The molecule has 0 saturated carbocycles. The average Bonchev–Trinajstić information content (AvgIpc) is 2.49. The summed E-state index contributed by atoms with van der Waals surface area (Å²) >= 11 is 0. The lowest BCUT2D eigenvalue weighted by atomic mass is 10.1. The Morgan fingerprint density at radius 2 is 1.68 bits per heavy atom. The standard InChI is InChI=1S/C17H15FO4/c1-11(10-12-6-8-13(18)9-7-12)22-17(21)15-5-3-2-4-14(15)16(19)20/h2-9,11H,10H2,1H3,(H,19,20). The van der Waals surface area contributed by atoms with Gasteiger partial charge in [0.25, 0.3) is 0 Å². The maximum Gasteiger partial charge on any atom is 0.339 e. The first kappa shape index (κ1) is 15.7. The second-order valence-electron chi connectivity index (χ2n) is 4.90. The number of hydrogen-bond donors (Lipinski definition) is 1. The van der Waals surface area contributed by atoms with Crippen LogP contribution in [0.5, 0.6) is 0 Å².